The molecular weight excluding hydrogens is 564 g/mol. The van der Waals surface area contributed by atoms with Crippen molar-refractivity contribution in [2.75, 3.05) is 19.0 Å². The van der Waals surface area contributed by atoms with Crippen molar-refractivity contribution in [2.45, 2.75) is 13.5 Å². The molecule has 1 N–H and O–H groups in total. The smallest absolute Gasteiger partial charge is 0.266 e. The fourth-order valence-corrected chi connectivity index (χ4v) is 3.84. The highest BCUT2D eigenvalue weighted by molar-refractivity contribution is 9.10. The molecule has 0 heterocycles. The molecule has 0 aliphatic rings. The Hall–Kier alpha value is -3.28. The summed E-state index contributed by atoms with van der Waals surface area (Å²) in [7, 11) is 1.53. The molecule has 3 rings (SSSR count). The van der Waals surface area contributed by atoms with Gasteiger partial charge < -0.3 is 19.5 Å². The molecule has 1 amide bonds. The number of amides is 1. The van der Waals surface area contributed by atoms with Crippen LogP contribution in [0.25, 0.3) is 6.08 Å². The Morgan fingerprint density at radius 3 is 2.38 bits per heavy atom. The van der Waals surface area contributed by atoms with Gasteiger partial charge in [0.1, 0.15) is 24.0 Å². The molecule has 3 aromatic carbocycles. The number of nitrogens with zero attached hydrogens (tertiary/aromatic N) is 1. The Labute approximate surface area is 215 Å². The Balaban J connectivity index is 1.67. The molecule has 0 saturated heterocycles. The first-order valence-electron chi connectivity index (χ1n) is 10.3. The molecule has 6 nitrogen and oxygen atoms in total. The van der Waals surface area contributed by atoms with Gasteiger partial charge in [0.05, 0.1) is 18.2 Å². The minimum atomic E-state index is -0.519. The van der Waals surface area contributed by atoms with E-state index in [1.807, 2.05) is 37.3 Å². The minimum absolute atomic E-state index is 0.0475. The number of methoxy groups -OCH3 is 1. The predicted molar refractivity (Wildman–Crippen MR) is 139 cm³/mol. The van der Waals surface area contributed by atoms with Crippen LogP contribution >= 0.6 is 31.9 Å². The molecule has 0 atom stereocenters. The van der Waals surface area contributed by atoms with Crippen LogP contribution in [0.1, 0.15) is 18.1 Å². The zero-order chi connectivity index (χ0) is 24.5. The van der Waals surface area contributed by atoms with E-state index in [1.165, 1.54) is 13.2 Å². The molecule has 0 fully saturated rings. The number of nitrogens with one attached hydrogen (secondary N) is 1. The summed E-state index contributed by atoms with van der Waals surface area (Å²) in [4.78, 5) is 12.7. The van der Waals surface area contributed by atoms with Crippen LogP contribution in [0, 0.1) is 11.3 Å². The number of nitriles is 1. The van der Waals surface area contributed by atoms with Crippen molar-refractivity contribution >= 4 is 49.5 Å². The van der Waals surface area contributed by atoms with Crippen molar-refractivity contribution in [3.8, 4) is 23.3 Å². The topological polar surface area (TPSA) is 80.6 Å². The third kappa shape index (κ3) is 6.86. The summed E-state index contributed by atoms with van der Waals surface area (Å²) < 4.78 is 18.4. The maximum Gasteiger partial charge on any atom is 0.266 e. The van der Waals surface area contributed by atoms with Crippen molar-refractivity contribution < 1.29 is 19.0 Å². The van der Waals surface area contributed by atoms with Gasteiger partial charge in [-0.15, -0.1) is 0 Å². The highest BCUT2D eigenvalue weighted by Crippen LogP contribution is 2.37. The number of benzene rings is 3. The highest BCUT2D eigenvalue weighted by atomic mass is 79.9. The van der Waals surface area contributed by atoms with Gasteiger partial charge in [-0.25, -0.2) is 0 Å². The number of ether oxygens (including phenoxy) is 3. The van der Waals surface area contributed by atoms with E-state index >= 15 is 0 Å². The van der Waals surface area contributed by atoms with Gasteiger partial charge in [-0.3, -0.25) is 4.79 Å². The lowest BCUT2D eigenvalue weighted by atomic mass is 10.1. The fraction of sp³-hybridized carbons (Fsp3) is 0.154. The molecule has 0 radical (unpaired) electrons. The lowest BCUT2D eigenvalue weighted by Crippen LogP contribution is -2.13. The molecule has 0 aliphatic carbocycles. The van der Waals surface area contributed by atoms with E-state index in [1.54, 1.807) is 36.4 Å². The van der Waals surface area contributed by atoms with E-state index < -0.39 is 5.91 Å². The van der Waals surface area contributed by atoms with Crippen LogP contribution in [0.15, 0.2) is 75.2 Å². The number of carbonyl (C=O) groups is 1. The standard InChI is InChI=1S/C26H22Br2N2O4/c1-3-33-25-23(28)13-18(14-24(25)32-2)12-19(15-29)26(31)30-21-8-10-22(11-9-21)34-16-17-4-6-20(27)7-5-17/h4-14H,3,16H2,1-2H3,(H,30,31)/b19-12+. The van der Waals surface area contributed by atoms with Crippen LogP contribution in [0.4, 0.5) is 5.69 Å². The minimum Gasteiger partial charge on any atom is -0.493 e. The Morgan fingerprint density at radius 1 is 1.06 bits per heavy atom. The van der Waals surface area contributed by atoms with Crippen LogP contribution in [0.2, 0.25) is 0 Å². The quantitative estimate of drug-likeness (QED) is 0.222. The van der Waals surface area contributed by atoms with Crippen molar-refractivity contribution in [3.05, 3.63) is 86.3 Å². The summed E-state index contributed by atoms with van der Waals surface area (Å²) in [5.74, 6) is 1.21. The normalized spacial score (nSPS) is 10.9. The monoisotopic (exact) mass is 584 g/mol. The number of rotatable bonds is 9. The van der Waals surface area contributed by atoms with E-state index in [0.717, 1.165) is 10.0 Å². The molecule has 0 unspecified atom stereocenters. The molecule has 0 spiro atoms. The summed E-state index contributed by atoms with van der Waals surface area (Å²) in [5, 5.41) is 12.3. The molecule has 34 heavy (non-hydrogen) atoms. The Bertz CT molecular complexity index is 1220. The summed E-state index contributed by atoms with van der Waals surface area (Å²) in [6, 6.07) is 20.3. The molecule has 3 aromatic rings. The van der Waals surface area contributed by atoms with Gasteiger partial charge in [-0.05, 0) is 88.6 Å². The number of anilines is 1. The van der Waals surface area contributed by atoms with Crippen molar-refractivity contribution in [1.82, 2.24) is 0 Å². The summed E-state index contributed by atoms with van der Waals surface area (Å²) in [6.45, 7) is 2.78. The predicted octanol–water partition coefficient (Wildman–Crippen LogP) is 6.74. The first kappa shape index (κ1) is 25.3. The van der Waals surface area contributed by atoms with Gasteiger partial charge in [0.2, 0.25) is 0 Å². The molecule has 0 saturated carbocycles. The maximum atomic E-state index is 12.7. The third-order valence-corrected chi connectivity index (χ3v) is 5.77. The van der Waals surface area contributed by atoms with Crippen LogP contribution in [-0.4, -0.2) is 19.6 Å². The lowest BCUT2D eigenvalue weighted by molar-refractivity contribution is -0.112. The molecule has 0 bridgehead atoms. The SMILES string of the molecule is CCOc1c(Br)cc(/C=C(\C#N)C(=O)Nc2ccc(OCc3ccc(Br)cc3)cc2)cc1OC. The highest BCUT2D eigenvalue weighted by Gasteiger charge is 2.14. The van der Waals surface area contributed by atoms with Gasteiger partial charge in [-0.2, -0.15) is 5.26 Å². The van der Waals surface area contributed by atoms with Crippen molar-refractivity contribution in [2.24, 2.45) is 0 Å². The fourth-order valence-electron chi connectivity index (χ4n) is 3.00. The van der Waals surface area contributed by atoms with Gasteiger partial charge >= 0.3 is 0 Å². The largest absolute Gasteiger partial charge is 0.493 e. The van der Waals surface area contributed by atoms with Gasteiger partial charge in [0.15, 0.2) is 11.5 Å². The molecule has 174 valence electrons. The van der Waals surface area contributed by atoms with E-state index in [0.29, 0.717) is 46.2 Å². The van der Waals surface area contributed by atoms with Crippen molar-refractivity contribution in [3.63, 3.8) is 0 Å². The Kier molecular flexibility index (Phi) is 9.14. The van der Waals surface area contributed by atoms with Gasteiger partial charge in [0, 0.05) is 10.2 Å². The van der Waals surface area contributed by atoms with E-state index in [9.17, 15) is 10.1 Å². The van der Waals surface area contributed by atoms with Crippen molar-refractivity contribution in [1.29, 1.82) is 5.26 Å². The molecule has 0 aliphatic heterocycles. The second kappa shape index (κ2) is 12.3. The van der Waals surface area contributed by atoms with Crippen LogP contribution in [0.3, 0.4) is 0 Å². The molecule has 0 aromatic heterocycles. The average Bonchev–Trinajstić information content (AvgIpc) is 2.84. The zero-order valence-corrected chi connectivity index (χ0v) is 21.8. The molecular formula is C26H22Br2N2O4. The second-order valence-corrected chi connectivity index (χ2v) is 8.80. The Morgan fingerprint density at radius 2 is 1.76 bits per heavy atom. The number of carbonyl (C=O) groups excluding carboxylic acids is 1. The third-order valence-electron chi connectivity index (χ3n) is 4.65. The van der Waals surface area contributed by atoms with Gasteiger partial charge in [0.25, 0.3) is 5.91 Å². The first-order chi connectivity index (χ1) is 16.4. The van der Waals surface area contributed by atoms with Crippen LogP contribution < -0.4 is 19.5 Å². The summed E-state index contributed by atoms with van der Waals surface area (Å²) in [5.41, 5.74) is 2.17. The maximum absolute atomic E-state index is 12.7. The van der Waals surface area contributed by atoms with E-state index in [2.05, 4.69) is 37.2 Å². The van der Waals surface area contributed by atoms with Crippen LogP contribution in [0.5, 0.6) is 17.2 Å². The lowest BCUT2D eigenvalue weighted by Gasteiger charge is -2.12. The first-order valence-corrected chi connectivity index (χ1v) is 11.9. The molecule has 8 heteroatoms. The van der Waals surface area contributed by atoms with Crippen LogP contribution in [-0.2, 0) is 11.4 Å². The zero-order valence-electron chi connectivity index (χ0n) is 18.6. The van der Waals surface area contributed by atoms with Gasteiger partial charge in [-0.1, -0.05) is 28.1 Å². The number of hydrogen-bond donors (Lipinski definition) is 1. The van der Waals surface area contributed by atoms with E-state index in [4.69, 9.17) is 14.2 Å². The number of hydrogen-bond acceptors (Lipinski definition) is 5. The van der Waals surface area contributed by atoms with E-state index in [-0.39, 0.29) is 5.57 Å². The second-order valence-electron chi connectivity index (χ2n) is 7.03. The summed E-state index contributed by atoms with van der Waals surface area (Å²) in [6.07, 6.45) is 1.49. The summed E-state index contributed by atoms with van der Waals surface area (Å²) >= 11 is 6.86. The average molecular weight is 586 g/mol. The number of halogens is 2.